The lowest BCUT2D eigenvalue weighted by Gasteiger charge is -2.26. The number of hydrogen-bond acceptors (Lipinski definition) is 2. The average molecular weight is 915 g/mol. The van der Waals surface area contributed by atoms with Crippen molar-refractivity contribution in [3.63, 3.8) is 0 Å². The normalized spacial score (nSPS) is 16.5. The van der Waals surface area contributed by atoms with Gasteiger partial charge in [-0.15, -0.1) is 22.7 Å². The van der Waals surface area contributed by atoms with E-state index in [4.69, 9.17) is 0 Å². The first-order valence-corrected chi connectivity index (χ1v) is 20.7. The summed E-state index contributed by atoms with van der Waals surface area (Å²) in [6, 6.07) is 31.2. The van der Waals surface area contributed by atoms with Crippen molar-refractivity contribution in [3.05, 3.63) is 140 Å². The van der Waals surface area contributed by atoms with Gasteiger partial charge in [0, 0.05) is 50.7 Å². The van der Waals surface area contributed by atoms with Crippen molar-refractivity contribution in [2.75, 3.05) is 0 Å². The molecular weight excluding hydrogens is 878 g/mol. The summed E-state index contributed by atoms with van der Waals surface area (Å²) in [6.45, 7) is 12.2. The molecule has 0 aliphatic heterocycles. The van der Waals surface area contributed by atoms with E-state index in [1.165, 1.54) is 12.1 Å². The SMILES string of the molecule is CC(C)(C)c1ccc(-c2sc(-c3ccc(Br)cc3)cc2C2=C(c3cc(-c4ccc(Br)cc4)sc3-c3ccc(C(C)(C)C)cc3)C(F)(F)C(F)(F)C2(F)F)cc1. The highest BCUT2D eigenvalue weighted by atomic mass is 79.9. The first kappa shape index (κ1) is 39.8. The Hall–Kier alpha value is -3.44. The molecule has 55 heavy (non-hydrogen) atoms. The molecule has 0 atom stereocenters. The first-order chi connectivity index (χ1) is 25.6. The minimum Gasteiger partial charge on any atom is -0.194 e. The van der Waals surface area contributed by atoms with E-state index in [0.717, 1.165) is 42.7 Å². The molecule has 10 heteroatoms. The van der Waals surface area contributed by atoms with E-state index < -0.39 is 28.9 Å². The molecule has 2 aromatic heterocycles. The standard InChI is InChI=1S/C45H36Br2F6S2/c1-41(2,3)29-15-7-27(8-16-29)39-33(23-35(54-39)25-11-19-31(46)20-12-25)37-38(44(50,51)45(52,53)43(37,48)49)34-24-36(26-13-21-32(47)22-14-26)55-40(34)28-9-17-30(18-10-28)42(4,5)6/h7-24H,1-6H3. The van der Waals surface area contributed by atoms with Crippen LogP contribution in [0.2, 0.25) is 0 Å². The van der Waals surface area contributed by atoms with Gasteiger partial charge >= 0.3 is 17.8 Å². The molecule has 6 aromatic rings. The molecule has 0 spiro atoms. The number of allylic oxidation sites excluding steroid dienone is 2. The van der Waals surface area contributed by atoms with Gasteiger partial charge in [0.25, 0.3) is 0 Å². The number of rotatable bonds is 6. The zero-order valence-electron chi connectivity index (χ0n) is 30.7. The molecule has 0 fully saturated rings. The van der Waals surface area contributed by atoms with E-state index in [1.807, 2.05) is 65.8 Å². The van der Waals surface area contributed by atoms with Crippen molar-refractivity contribution >= 4 is 65.7 Å². The lowest BCUT2D eigenvalue weighted by atomic mass is 9.86. The smallest absolute Gasteiger partial charge is 0.194 e. The van der Waals surface area contributed by atoms with Crippen LogP contribution in [0, 0.1) is 0 Å². The molecule has 0 N–H and O–H groups in total. The maximum atomic E-state index is 16.7. The quantitative estimate of drug-likeness (QED) is 0.146. The summed E-state index contributed by atoms with van der Waals surface area (Å²) in [4.78, 5) is 1.33. The van der Waals surface area contributed by atoms with E-state index in [1.54, 1.807) is 72.8 Å². The topological polar surface area (TPSA) is 0 Å². The molecule has 0 nitrogen and oxygen atoms in total. The fraction of sp³-hybridized carbons (Fsp3) is 0.244. The number of alkyl halides is 6. The van der Waals surface area contributed by atoms with Crippen molar-refractivity contribution < 1.29 is 26.3 Å². The summed E-state index contributed by atoms with van der Waals surface area (Å²) in [5.41, 5.74) is 0.183. The zero-order valence-corrected chi connectivity index (χ0v) is 35.5. The molecule has 0 radical (unpaired) electrons. The zero-order chi connectivity index (χ0) is 39.9. The van der Waals surface area contributed by atoms with Gasteiger partial charge in [0.05, 0.1) is 0 Å². The van der Waals surface area contributed by atoms with Gasteiger partial charge in [-0.1, -0.05) is 146 Å². The molecule has 1 aliphatic rings. The maximum Gasteiger partial charge on any atom is 0.380 e. The van der Waals surface area contributed by atoms with E-state index in [9.17, 15) is 0 Å². The number of thiophene rings is 2. The van der Waals surface area contributed by atoms with Gasteiger partial charge in [-0.2, -0.15) is 26.3 Å². The molecule has 0 amide bonds. The van der Waals surface area contributed by atoms with Gasteiger partial charge < -0.3 is 0 Å². The second kappa shape index (κ2) is 13.9. The minimum atomic E-state index is -5.73. The van der Waals surface area contributed by atoms with Gasteiger partial charge in [0.1, 0.15) is 0 Å². The Morgan fingerprint density at radius 1 is 0.436 bits per heavy atom. The highest BCUT2D eigenvalue weighted by Gasteiger charge is 2.80. The predicted molar refractivity (Wildman–Crippen MR) is 225 cm³/mol. The first-order valence-electron chi connectivity index (χ1n) is 17.5. The minimum absolute atomic E-state index is 0.193. The van der Waals surface area contributed by atoms with Crippen LogP contribution in [0.3, 0.4) is 0 Å². The van der Waals surface area contributed by atoms with Crippen molar-refractivity contribution in [1.29, 1.82) is 0 Å². The number of hydrogen-bond donors (Lipinski definition) is 0. The van der Waals surface area contributed by atoms with Crippen molar-refractivity contribution in [1.82, 2.24) is 0 Å². The maximum absolute atomic E-state index is 16.7. The molecular formula is C45H36Br2F6S2. The summed E-state index contributed by atoms with van der Waals surface area (Å²) >= 11 is 9.04. The molecule has 4 aromatic carbocycles. The Kier molecular flexibility index (Phi) is 10.0. The van der Waals surface area contributed by atoms with Gasteiger partial charge in [-0.05, 0) is 80.6 Å². The van der Waals surface area contributed by atoms with E-state index in [-0.39, 0.29) is 31.7 Å². The number of halogens is 8. The van der Waals surface area contributed by atoms with Crippen LogP contribution >= 0.6 is 54.5 Å². The second-order valence-corrected chi connectivity index (χ2v) is 19.8. The lowest BCUT2D eigenvalue weighted by Crippen LogP contribution is -2.48. The summed E-state index contributed by atoms with van der Waals surface area (Å²) in [6.07, 6.45) is 0. The third-order valence-corrected chi connectivity index (χ3v) is 13.5. The van der Waals surface area contributed by atoms with Gasteiger partial charge in [-0.3, -0.25) is 0 Å². The molecule has 0 saturated heterocycles. The van der Waals surface area contributed by atoms with Crippen molar-refractivity contribution in [3.8, 4) is 41.8 Å². The van der Waals surface area contributed by atoms with Crippen molar-refractivity contribution in [2.24, 2.45) is 0 Å². The molecule has 0 bridgehead atoms. The third kappa shape index (κ3) is 6.99. The van der Waals surface area contributed by atoms with Crippen LogP contribution < -0.4 is 0 Å². The molecule has 284 valence electrons. The van der Waals surface area contributed by atoms with Gasteiger partial charge in [0.2, 0.25) is 0 Å². The fourth-order valence-electron chi connectivity index (χ4n) is 6.77. The summed E-state index contributed by atoms with van der Waals surface area (Å²) in [5.74, 6) is -16.2. The average Bonchev–Trinajstić information content (AvgIpc) is 3.78. The van der Waals surface area contributed by atoms with E-state index in [2.05, 4.69) is 31.9 Å². The largest absolute Gasteiger partial charge is 0.380 e. The lowest BCUT2D eigenvalue weighted by molar-refractivity contribution is -0.254. The van der Waals surface area contributed by atoms with Crippen LogP contribution in [0.25, 0.3) is 52.9 Å². The molecule has 1 aliphatic carbocycles. The van der Waals surface area contributed by atoms with Crippen LogP contribution in [-0.4, -0.2) is 17.8 Å². The molecule has 0 saturated carbocycles. The van der Waals surface area contributed by atoms with Crippen LogP contribution in [0.1, 0.15) is 63.8 Å². The fourth-order valence-corrected chi connectivity index (χ4v) is 9.65. The van der Waals surface area contributed by atoms with Crippen LogP contribution in [0.5, 0.6) is 0 Å². The van der Waals surface area contributed by atoms with E-state index >= 15 is 26.3 Å². The molecule has 7 rings (SSSR count). The Morgan fingerprint density at radius 3 is 1.02 bits per heavy atom. The summed E-state index contributed by atoms with van der Waals surface area (Å²) in [5, 5.41) is 0. The summed E-state index contributed by atoms with van der Waals surface area (Å²) in [7, 11) is 0. The Morgan fingerprint density at radius 2 is 0.727 bits per heavy atom. The van der Waals surface area contributed by atoms with Crippen molar-refractivity contribution in [2.45, 2.75) is 70.1 Å². The highest BCUT2D eigenvalue weighted by Crippen LogP contribution is 2.67. The van der Waals surface area contributed by atoms with Crippen LogP contribution in [0.4, 0.5) is 26.3 Å². The second-order valence-electron chi connectivity index (χ2n) is 15.8. The Balaban J connectivity index is 1.56. The predicted octanol–water partition coefficient (Wildman–Crippen LogP) is 16.4. The molecule has 2 heterocycles. The third-order valence-electron chi connectivity index (χ3n) is 9.95. The molecule has 0 unspecified atom stereocenters. The Labute approximate surface area is 342 Å². The number of benzene rings is 4. The van der Waals surface area contributed by atoms with Crippen LogP contribution in [0.15, 0.2) is 118 Å². The van der Waals surface area contributed by atoms with Crippen LogP contribution in [-0.2, 0) is 10.8 Å². The van der Waals surface area contributed by atoms with Gasteiger partial charge in [0.15, 0.2) is 0 Å². The van der Waals surface area contributed by atoms with E-state index in [0.29, 0.717) is 32.0 Å². The summed E-state index contributed by atoms with van der Waals surface area (Å²) < 4.78 is 100. The Bertz CT molecular complexity index is 2240. The van der Waals surface area contributed by atoms with Gasteiger partial charge in [-0.25, -0.2) is 0 Å². The highest BCUT2D eigenvalue weighted by molar-refractivity contribution is 9.10. The monoisotopic (exact) mass is 912 g/mol.